The predicted molar refractivity (Wildman–Crippen MR) is 111 cm³/mol. The van der Waals surface area contributed by atoms with Crippen molar-refractivity contribution in [1.29, 1.82) is 0 Å². The maximum atomic E-state index is 12.6. The molecule has 6 nitrogen and oxygen atoms in total. The molecule has 1 unspecified atom stereocenters. The van der Waals surface area contributed by atoms with E-state index in [9.17, 15) is 9.59 Å². The van der Waals surface area contributed by atoms with Crippen LogP contribution in [0.4, 0.5) is 0 Å². The summed E-state index contributed by atoms with van der Waals surface area (Å²) < 4.78 is 5.48. The van der Waals surface area contributed by atoms with Crippen molar-refractivity contribution in [2.75, 3.05) is 13.2 Å². The molecule has 0 saturated carbocycles. The van der Waals surface area contributed by atoms with Gasteiger partial charge in [-0.2, -0.15) is 0 Å². The second-order valence-electron chi connectivity index (χ2n) is 6.28. The lowest BCUT2D eigenvalue weighted by Gasteiger charge is -2.19. The summed E-state index contributed by atoms with van der Waals surface area (Å²) in [5, 5.41) is 5.60. The summed E-state index contributed by atoms with van der Waals surface area (Å²) >= 11 is 0. The summed E-state index contributed by atoms with van der Waals surface area (Å²) in [7, 11) is 0. The van der Waals surface area contributed by atoms with E-state index in [1.54, 1.807) is 30.5 Å². The van der Waals surface area contributed by atoms with Crippen LogP contribution in [-0.2, 0) is 4.79 Å². The number of carbonyl (C=O) groups is 2. The summed E-state index contributed by atoms with van der Waals surface area (Å²) in [6, 6.07) is 21.7. The van der Waals surface area contributed by atoms with E-state index in [2.05, 4.69) is 15.6 Å². The van der Waals surface area contributed by atoms with E-state index in [-0.39, 0.29) is 18.4 Å². The van der Waals surface area contributed by atoms with Crippen molar-refractivity contribution in [3.63, 3.8) is 0 Å². The Hall–Kier alpha value is -3.67. The average molecular weight is 389 g/mol. The highest BCUT2D eigenvalue weighted by atomic mass is 16.5. The zero-order valence-electron chi connectivity index (χ0n) is 16.2. The summed E-state index contributed by atoms with van der Waals surface area (Å²) in [6.45, 7) is 2.15. The Morgan fingerprint density at radius 1 is 0.966 bits per heavy atom. The first-order valence-electron chi connectivity index (χ1n) is 9.44. The van der Waals surface area contributed by atoms with Crippen molar-refractivity contribution in [3.8, 4) is 5.75 Å². The molecule has 148 valence electrons. The van der Waals surface area contributed by atoms with Crippen LogP contribution in [0.1, 0.15) is 34.6 Å². The number of rotatable bonds is 8. The molecule has 3 rings (SSSR count). The number of hydrogen-bond donors (Lipinski definition) is 2. The van der Waals surface area contributed by atoms with Gasteiger partial charge < -0.3 is 15.4 Å². The Morgan fingerprint density at radius 3 is 2.41 bits per heavy atom. The second-order valence-corrected chi connectivity index (χ2v) is 6.28. The highest BCUT2D eigenvalue weighted by Gasteiger charge is 2.19. The number of nitrogens with zero attached hydrogens (tertiary/aromatic N) is 1. The van der Waals surface area contributed by atoms with Crippen molar-refractivity contribution in [1.82, 2.24) is 15.6 Å². The van der Waals surface area contributed by atoms with Crippen molar-refractivity contribution in [2.24, 2.45) is 0 Å². The fraction of sp³-hybridized carbons (Fsp3) is 0.174. The number of hydrogen-bond acceptors (Lipinski definition) is 4. The summed E-state index contributed by atoms with van der Waals surface area (Å²) in [5.74, 6) is -0.186. The number of ether oxygens (including phenoxy) is 1. The third-order valence-corrected chi connectivity index (χ3v) is 4.26. The number of amides is 2. The normalized spacial score (nSPS) is 11.3. The van der Waals surface area contributed by atoms with E-state index < -0.39 is 6.04 Å². The minimum Gasteiger partial charge on any atom is -0.493 e. The monoisotopic (exact) mass is 389 g/mol. The molecule has 1 atom stereocenters. The number of para-hydroxylation sites is 1. The van der Waals surface area contributed by atoms with Gasteiger partial charge in [0.1, 0.15) is 5.75 Å². The third-order valence-electron chi connectivity index (χ3n) is 4.26. The molecule has 1 heterocycles. The van der Waals surface area contributed by atoms with Gasteiger partial charge in [0, 0.05) is 6.20 Å². The van der Waals surface area contributed by atoms with E-state index in [1.165, 1.54) is 0 Å². The van der Waals surface area contributed by atoms with Gasteiger partial charge in [-0.1, -0.05) is 48.5 Å². The molecule has 0 aliphatic rings. The van der Waals surface area contributed by atoms with Crippen LogP contribution in [0.3, 0.4) is 0 Å². The Balaban J connectivity index is 1.67. The van der Waals surface area contributed by atoms with Gasteiger partial charge in [-0.15, -0.1) is 0 Å². The van der Waals surface area contributed by atoms with Gasteiger partial charge in [0.2, 0.25) is 5.91 Å². The maximum Gasteiger partial charge on any atom is 0.255 e. The minimum absolute atomic E-state index is 0.157. The molecule has 2 aromatic carbocycles. The van der Waals surface area contributed by atoms with Crippen molar-refractivity contribution < 1.29 is 14.3 Å². The molecular weight excluding hydrogens is 366 g/mol. The SMILES string of the molecule is CCOc1ccccc1C(=O)NCC(=O)NC(c1ccccc1)c1ccccn1. The van der Waals surface area contributed by atoms with Gasteiger partial charge in [0.25, 0.3) is 5.91 Å². The first-order valence-corrected chi connectivity index (χ1v) is 9.44. The van der Waals surface area contributed by atoms with E-state index in [0.717, 1.165) is 11.3 Å². The van der Waals surface area contributed by atoms with Crippen LogP contribution in [0.25, 0.3) is 0 Å². The van der Waals surface area contributed by atoms with Crippen molar-refractivity contribution in [3.05, 3.63) is 95.8 Å². The van der Waals surface area contributed by atoms with Crippen LogP contribution < -0.4 is 15.4 Å². The highest BCUT2D eigenvalue weighted by Crippen LogP contribution is 2.20. The van der Waals surface area contributed by atoms with Crippen molar-refractivity contribution in [2.45, 2.75) is 13.0 Å². The number of aromatic nitrogens is 1. The molecule has 3 aromatic rings. The fourth-order valence-electron chi connectivity index (χ4n) is 2.92. The highest BCUT2D eigenvalue weighted by molar-refractivity contribution is 5.98. The standard InChI is InChI=1S/C23H23N3O3/c1-2-29-20-14-7-6-12-18(20)23(28)25-16-21(27)26-22(17-10-4-3-5-11-17)19-13-8-9-15-24-19/h3-15,22H,2,16H2,1H3,(H,25,28)(H,26,27). The van der Waals surface area contributed by atoms with Gasteiger partial charge in [-0.05, 0) is 36.8 Å². The smallest absolute Gasteiger partial charge is 0.255 e. The fourth-order valence-corrected chi connectivity index (χ4v) is 2.92. The molecule has 29 heavy (non-hydrogen) atoms. The molecule has 0 radical (unpaired) electrons. The Kier molecular flexibility index (Phi) is 6.95. The zero-order valence-corrected chi connectivity index (χ0v) is 16.2. The summed E-state index contributed by atoms with van der Waals surface area (Å²) in [5.41, 5.74) is 2.03. The number of nitrogens with one attached hydrogen (secondary N) is 2. The number of carbonyl (C=O) groups excluding carboxylic acids is 2. The van der Waals surface area contributed by atoms with Crippen LogP contribution in [0.5, 0.6) is 5.75 Å². The first kappa shape index (κ1) is 20.1. The topological polar surface area (TPSA) is 80.3 Å². The molecule has 0 spiro atoms. The van der Waals surface area contributed by atoms with Gasteiger partial charge >= 0.3 is 0 Å². The van der Waals surface area contributed by atoms with E-state index in [0.29, 0.717) is 17.9 Å². The Bertz CT molecular complexity index is 906. The van der Waals surface area contributed by atoms with E-state index in [1.807, 2.05) is 55.5 Å². The molecule has 0 fully saturated rings. The molecule has 2 N–H and O–H groups in total. The molecule has 0 saturated heterocycles. The molecule has 0 bridgehead atoms. The molecule has 2 amide bonds. The van der Waals surface area contributed by atoms with Crippen LogP contribution >= 0.6 is 0 Å². The quantitative estimate of drug-likeness (QED) is 0.620. The summed E-state index contributed by atoms with van der Waals surface area (Å²) in [4.78, 5) is 29.4. The third kappa shape index (κ3) is 5.42. The zero-order chi connectivity index (χ0) is 20.5. The molecule has 0 aliphatic heterocycles. The largest absolute Gasteiger partial charge is 0.493 e. The average Bonchev–Trinajstić information content (AvgIpc) is 2.77. The number of benzene rings is 2. The second kappa shape index (κ2) is 10.0. The predicted octanol–water partition coefficient (Wildman–Crippen LogP) is 3.12. The molecule has 0 aliphatic carbocycles. The van der Waals surface area contributed by atoms with Gasteiger partial charge in [-0.25, -0.2) is 0 Å². The lowest BCUT2D eigenvalue weighted by Crippen LogP contribution is -2.39. The van der Waals surface area contributed by atoms with Gasteiger partial charge in [-0.3, -0.25) is 14.6 Å². The lowest BCUT2D eigenvalue weighted by molar-refractivity contribution is -0.120. The number of pyridine rings is 1. The maximum absolute atomic E-state index is 12.6. The van der Waals surface area contributed by atoms with E-state index in [4.69, 9.17) is 4.74 Å². The Morgan fingerprint density at radius 2 is 1.69 bits per heavy atom. The van der Waals surface area contributed by atoms with Gasteiger partial charge in [0.15, 0.2) is 0 Å². The summed E-state index contributed by atoms with van der Waals surface area (Å²) in [6.07, 6.45) is 1.68. The van der Waals surface area contributed by atoms with Crippen LogP contribution in [0.15, 0.2) is 79.0 Å². The van der Waals surface area contributed by atoms with Crippen LogP contribution in [0.2, 0.25) is 0 Å². The van der Waals surface area contributed by atoms with Crippen LogP contribution in [-0.4, -0.2) is 29.9 Å². The lowest BCUT2D eigenvalue weighted by atomic mass is 10.0. The molecule has 6 heteroatoms. The van der Waals surface area contributed by atoms with E-state index >= 15 is 0 Å². The van der Waals surface area contributed by atoms with Crippen molar-refractivity contribution >= 4 is 11.8 Å². The van der Waals surface area contributed by atoms with Crippen LogP contribution in [0, 0.1) is 0 Å². The molecule has 1 aromatic heterocycles. The van der Waals surface area contributed by atoms with Gasteiger partial charge in [0.05, 0.1) is 30.5 Å². The minimum atomic E-state index is -0.405. The Labute approximate surface area is 169 Å². The molecular formula is C23H23N3O3. The first-order chi connectivity index (χ1) is 14.2.